The summed E-state index contributed by atoms with van der Waals surface area (Å²) in [6.45, 7) is 0. The predicted molar refractivity (Wildman–Crippen MR) is 126 cm³/mol. The molecule has 5 nitrogen and oxygen atoms in total. The molecule has 0 saturated carbocycles. The second-order valence-electron chi connectivity index (χ2n) is 8.34. The highest BCUT2D eigenvalue weighted by Gasteiger charge is 2.36. The van der Waals surface area contributed by atoms with Crippen molar-refractivity contribution in [2.45, 2.75) is 24.8 Å². The van der Waals surface area contributed by atoms with Crippen LogP contribution in [0.3, 0.4) is 0 Å². The quantitative estimate of drug-likeness (QED) is 0.531. The molecule has 2 atom stereocenters. The number of methoxy groups -OCH3 is 2. The molecule has 6 heteroatoms. The molecule has 0 aromatic heterocycles. The lowest BCUT2D eigenvalue weighted by molar-refractivity contribution is -0.116. The SMILES string of the molecule is COc1ccc([C@H]2CC(=O)C3=C(C2)Nc2ccccc2N[C@H]3c2cccc(F)c2)cc1OC. The van der Waals surface area contributed by atoms with Crippen LogP contribution in [0.25, 0.3) is 0 Å². The fraction of sp³-hybridized carbons (Fsp3) is 0.222. The topological polar surface area (TPSA) is 59.6 Å². The summed E-state index contributed by atoms with van der Waals surface area (Å²) in [4.78, 5) is 13.6. The minimum Gasteiger partial charge on any atom is -0.493 e. The molecule has 0 amide bonds. The van der Waals surface area contributed by atoms with Gasteiger partial charge in [0.2, 0.25) is 0 Å². The molecule has 33 heavy (non-hydrogen) atoms. The zero-order valence-corrected chi connectivity index (χ0v) is 18.5. The van der Waals surface area contributed by atoms with E-state index < -0.39 is 6.04 Å². The van der Waals surface area contributed by atoms with Crippen LogP contribution in [-0.4, -0.2) is 20.0 Å². The molecular formula is C27H25FN2O3. The monoisotopic (exact) mass is 444 g/mol. The van der Waals surface area contributed by atoms with Crippen molar-refractivity contribution in [2.24, 2.45) is 0 Å². The fourth-order valence-electron chi connectivity index (χ4n) is 4.77. The Morgan fingerprint density at radius 2 is 1.64 bits per heavy atom. The number of rotatable bonds is 4. The highest BCUT2D eigenvalue weighted by molar-refractivity contribution is 6.01. The van der Waals surface area contributed by atoms with E-state index in [4.69, 9.17) is 9.47 Å². The first-order valence-electron chi connectivity index (χ1n) is 10.9. The van der Waals surface area contributed by atoms with Crippen molar-refractivity contribution in [1.29, 1.82) is 0 Å². The maximum atomic E-state index is 14.1. The maximum Gasteiger partial charge on any atom is 0.163 e. The van der Waals surface area contributed by atoms with Gasteiger partial charge >= 0.3 is 0 Å². The standard InChI is InChI=1S/C27H25FN2O3/c1-32-24-11-10-16(15-25(24)33-2)18-13-22-26(23(31)14-18)27(17-6-5-7-19(28)12-17)30-21-9-4-3-8-20(21)29-22/h3-12,15,18,27,29-30H,13-14H2,1-2H3/t18-,27+/m1/s1. The van der Waals surface area contributed by atoms with Crippen LogP contribution in [-0.2, 0) is 4.79 Å². The van der Waals surface area contributed by atoms with Crippen LogP contribution in [0.1, 0.15) is 35.9 Å². The number of nitrogens with one attached hydrogen (secondary N) is 2. The molecule has 2 N–H and O–H groups in total. The molecule has 3 aromatic rings. The summed E-state index contributed by atoms with van der Waals surface area (Å²) in [5.74, 6) is 0.995. The number of halogens is 1. The number of hydrogen-bond donors (Lipinski definition) is 2. The van der Waals surface area contributed by atoms with Gasteiger partial charge in [-0.25, -0.2) is 4.39 Å². The maximum absolute atomic E-state index is 14.1. The van der Waals surface area contributed by atoms with Crippen LogP contribution in [0.2, 0.25) is 0 Å². The molecule has 3 aromatic carbocycles. The third-order valence-corrected chi connectivity index (χ3v) is 6.37. The molecule has 0 spiro atoms. The van der Waals surface area contributed by atoms with E-state index in [9.17, 15) is 9.18 Å². The van der Waals surface area contributed by atoms with E-state index in [-0.39, 0.29) is 17.5 Å². The molecule has 1 heterocycles. The van der Waals surface area contributed by atoms with Gasteiger partial charge in [0.15, 0.2) is 17.3 Å². The van der Waals surface area contributed by atoms with Gasteiger partial charge in [0, 0.05) is 17.7 Å². The number of ether oxygens (including phenoxy) is 2. The summed E-state index contributed by atoms with van der Waals surface area (Å²) >= 11 is 0. The lowest BCUT2D eigenvalue weighted by Crippen LogP contribution is -2.27. The molecule has 168 valence electrons. The normalized spacial score (nSPS) is 19.5. The molecule has 2 aliphatic rings. The van der Waals surface area contributed by atoms with Crippen LogP contribution in [0.4, 0.5) is 15.8 Å². The number of carbonyl (C=O) groups is 1. The smallest absolute Gasteiger partial charge is 0.163 e. The molecule has 0 unspecified atom stereocenters. The second-order valence-corrected chi connectivity index (χ2v) is 8.34. The van der Waals surface area contributed by atoms with Crippen LogP contribution in [0.5, 0.6) is 11.5 Å². The summed E-state index contributed by atoms with van der Waals surface area (Å²) < 4.78 is 24.9. The molecule has 1 aliphatic carbocycles. The van der Waals surface area contributed by atoms with Crippen LogP contribution < -0.4 is 20.1 Å². The Hall–Kier alpha value is -3.80. The van der Waals surface area contributed by atoms with E-state index in [0.717, 1.165) is 28.2 Å². The van der Waals surface area contributed by atoms with Crippen molar-refractivity contribution in [1.82, 2.24) is 0 Å². The number of anilines is 2. The Morgan fingerprint density at radius 3 is 2.39 bits per heavy atom. The van der Waals surface area contributed by atoms with Gasteiger partial charge in [-0.1, -0.05) is 30.3 Å². The third-order valence-electron chi connectivity index (χ3n) is 6.37. The van der Waals surface area contributed by atoms with Gasteiger partial charge < -0.3 is 20.1 Å². The zero-order valence-electron chi connectivity index (χ0n) is 18.5. The number of ketones is 1. The van der Waals surface area contributed by atoms with Crippen LogP contribution >= 0.6 is 0 Å². The predicted octanol–water partition coefficient (Wildman–Crippen LogP) is 5.82. The Kier molecular flexibility index (Phi) is 5.50. The number of hydrogen-bond acceptors (Lipinski definition) is 5. The van der Waals surface area contributed by atoms with E-state index in [1.165, 1.54) is 12.1 Å². The van der Waals surface area contributed by atoms with E-state index >= 15 is 0 Å². The van der Waals surface area contributed by atoms with E-state index in [0.29, 0.717) is 29.9 Å². The Balaban J connectivity index is 1.58. The van der Waals surface area contributed by atoms with Crippen molar-refractivity contribution in [3.05, 3.63) is 94.9 Å². The average Bonchev–Trinajstić information content (AvgIpc) is 3.00. The van der Waals surface area contributed by atoms with Crippen molar-refractivity contribution in [2.75, 3.05) is 24.9 Å². The lowest BCUT2D eigenvalue weighted by Gasteiger charge is -2.30. The number of Topliss-reactive ketones (excluding diaryl/α,β-unsaturated/α-hetero) is 1. The van der Waals surface area contributed by atoms with E-state index in [1.54, 1.807) is 20.3 Å². The first kappa shape index (κ1) is 21.1. The Bertz CT molecular complexity index is 1250. The van der Waals surface area contributed by atoms with Gasteiger partial charge in [0.1, 0.15) is 5.82 Å². The minimum atomic E-state index is -0.439. The number of fused-ring (bicyclic) bond motifs is 1. The molecule has 0 bridgehead atoms. The molecule has 0 fully saturated rings. The number of para-hydroxylation sites is 2. The van der Waals surface area contributed by atoms with Gasteiger partial charge in [-0.05, 0) is 59.9 Å². The average molecular weight is 445 g/mol. The van der Waals surface area contributed by atoms with Gasteiger partial charge in [0.05, 0.1) is 31.6 Å². The summed E-state index contributed by atoms with van der Waals surface area (Å²) in [7, 11) is 3.21. The molecule has 0 radical (unpaired) electrons. The minimum absolute atomic E-state index is 0.0121. The zero-order chi connectivity index (χ0) is 22.9. The summed E-state index contributed by atoms with van der Waals surface area (Å²) in [5, 5.41) is 6.98. The van der Waals surface area contributed by atoms with Gasteiger partial charge in [0.25, 0.3) is 0 Å². The third kappa shape index (κ3) is 3.93. The molecule has 0 saturated heterocycles. The van der Waals surface area contributed by atoms with Crippen molar-refractivity contribution >= 4 is 17.2 Å². The Labute approximate surface area is 192 Å². The Morgan fingerprint density at radius 1 is 0.848 bits per heavy atom. The molecule has 5 rings (SSSR count). The number of carbonyl (C=O) groups excluding carboxylic acids is 1. The van der Waals surface area contributed by atoms with Gasteiger partial charge in [-0.2, -0.15) is 0 Å². The number of allylic oxidation sites excluding steroid dienone is 1. The highest BCUT2D eigenvalue weighted by atomic mass is 19.1. The second kappa shape index (κ2) is 8.62. The number of benzene rings is 3. The molecular weight excluding hydrogens is 419 g/mol. The van der Waals surface area contributed by atoms with Crippen LogP contribution in [0, 0.1) is 5.82 Å². The first-order chi connectivity index (χ1) is 16.1. The lowest BCUT2D eigenvalue weighted by atomic mass is 9.78. The first-order valence-corrected chi connectivity index (χ1v) is 10.9. The fourth-order valence-corrected chi connectivity index (χ4v) is 4.77. The largest absolute Gasteiger partial charge is 0.493 e. The van der Waals surface area contributed by atoms with Gasteiger partial charge in [-0.3, -0.25) is 4.79 Å². The summed E-state index contributed by atoms with van der Waals surface area (Å²) in [6.07, 6.45) is 1.01. The summed E-state index contributed by atoms with van der Waals surface area (Å²) in [6, 6.07) is 19.6. The van der Waals surface area contributed by atoms with Crippen molar-refractivity contribution < 1.29 is 18.7 Å². The van der Waals surface area contributed by atoms with Crippen molar-refractivity contribution in [3.63, 3.8) is 0 Å². The summed E-state index contributed by atoms with van der Waals surface area (Å²) in [5.41, 5.74) is 5.02. The molecule has 1 aliphatic heterocycles. The highest BCUT2D eigenvalue weighted by Crippen LogP contribution is 2.45. The van der Waals surface area contributed by atoms with Crippen molar-refractivity contribution in [3.8, 4) is 11.5 Å². The van der Waals surface area contributed by atoms with Crippen LogP contribution in [0.15, 0.2) is 78.0 Å². The van der Waals surface area contributed by atoms with E-state index in [1.807, 2.05) is 48.5 Å². The van der Waals surface area contributed by atoms with E-state index in [2.05, 4.69) is 10.6 Å². The van der Waals surface area contributed by atoms with Gasteiger partial charge in [-0.15, -0.1) is 0 Å².